The van der Waals surface area contributed by atoms with Gasteiger partial charge in [-0.25, -0.2) is 9.97 Å². The summed E-state index contributed by atoms with van der Waals surface area (Å²) in [6.07, 6.45) is 9.13. The van der Waals surface area contributed by atoms with Crippen molar-refractivity contribution in [3.05, 3.63) is 73.4 Å². The number of hydrogen-bond acceptors (Lipinski definition) is 4. The predicted molar refractivity (Wildman–Crippen MR) is 97.9 cm³/mol. The molecule has 0 spiro atoms. The minimum atomic E-state index is 0.761. The number of H-pyrrole nitrogens is 1. The Balaban J connectivity index is 1.68. The second-order valence-corrected chi connectivity index (χ2v) is 5.81. The van der Waals surface area contributed by atoms with Gasteiger partial charge in [0.05, 0.1) is 17.4 Å². The molecule has 0 aliphatic carbocycles. The van der Waals surface area contributed by atoms with Crippen molar-refractivity contribution in [1.82, 2.24) is 24.9 Å². The molecule has 1 N–H and O–H groups in total. The van der Waals surface area contributed by atoms with E-state index in [4.69, 9.17) is 4.98 Å². The van der Waals surface area contributed by atoms with Gasteiger partial charge in [-0.2, -0.15) is 0 Å². The van der Waals surface area contributed by atoms with Crippen LogP contribution in [0.3, 0.4) is 0 Å². The smallest absolute Gasteiger partial charge is 0.156 e. The van der Waals surface area contributed by atoms with E-state index >= 15 is 0 Å². The van der Waals surface area contributed by atoms with Gasteiger partial charge in [0.1, 0.15) is 5.52 Å². The molecule has 0 saturated heterocycles. The molecule has 5 heteroatoms. The summed E-state index contributed by atoms with van der Waals surface area (Å²) < 4.78 is 0. The van der Waals surface area contributed by atoms with Crippen LogP contribution in [0.2, 0.25) is 0 Å². The van der Waals surface area contributed by atoms with Crippen LogP contribution in [0.25, 0.3) is 44.5 Å². The van der Waals surface area contributed by atoms with Crippen molar-refractivity contribution in [2.24, 2.45) is 0 Å². The zero-order chi connectivity index (χ0) is 16.6. The Hall–Kier alpha value is -3.60. The van der Waals surface area contributed by atoms with E-state index in [2.05, 4.69) is 32.1 Å². The average molecular weight is 323 g/mol. The summed E-state index contributed by atoms with van der Waals surface area (Å²) in [5.74, 6) is 0. The number of aromatic amines is 1. The number of rotatable bonds is 2. The highest BCUT2D eigenvalue weighted by Gasteiger charge is 2.11. The number of para-hydroxylation sites is 1. The molecule has 0 aliphatic rings. The number of benzene rings is 1. The highest BCUT2D eigenvalue weighted by Crippen LogP contribution is 2.28. The van der Waals surface area contributed by atoms with Crippen LogP contribution < -0.4 is 0 Å². The molecule has 1 aromatic carbocycles. The van der Waals surface area contributed by atoms with Gasteiger partial charge in [0.15, 0.2) is 5.65 Å². The zero-order valence-electron chi connectivity index (χ0n) is 13.2. The van der Waals surface area contributed by atoms with Crippen molar-refractivity contribution in [1.29, 1.82) is 0 Å². The molecule has 5 nitrogen and oxygen atoms in total. The van der Waals surface area contributed by atoms with E-state index < -0.39 is 0 Å². The van der Waals surface area contributed by atoms with Crippen LogP contribution in [0.4, 0.5) is 0 Å². The van der Waals surface area contributed by atoms with Gasteiger partial charge in [-0.15, -0.1) is 0 Å². The molecular weight excluding hydrogens is 310 g/mol. The third-order valence-corrected chi connectivity index (χ3v) is 4.24. The Bertz CT molecular complexity index is 1190. The summed E-state index contributed by atoms with van der Waals surface area (Å²) in [5, 5.41) is 1.09. The molecule has 0 saturated carbocycles. The fraction of sp³-hybridized carbons (Fsp3) is 0. The molecule has 4 heterocycles. The molecule has 0 bridgehead atoms. The first kappa shape index (κ1) is 13.8. The minimum Gasteiger partial charge on any atom is -0.344 e. The molecule has 5 aromatic rings. The first-order valence-corrected chi connectivity index (χ1v) is 7.98. The molecule has 0 atom stereocenters. The third kappa shape index (κ3) is 2.33. The van der Waals surface area contributed by atoms with Crippen LogP contribution in [-0.2, 0) is 0 Å². The summed E-state index contributed by atoms with van der Waals surface area (Å²) in [6.45, 7) is 0. The van der Waals surface area contributed by atoms with Gasteiger partial charge in [0, 0.05) is 46.9 Å². The van der Waals surface area contributed by atoms with E-state index in [-0.39, 0.29) is 0 Å². The number of pyridine rings is 2. The maximum Gasteiger partial charge on any atom is 0.156 e. The minimum absolute atomic E-state index is 0.761. The standard InChI is InChI=1S/C20H13N5/c1-2-6-17-13(4-1)8-15(10-22-17)18-12-24-20-19(25-18)16(11-23-20)14-5-3-7-21-9-14/h1-12H,(H,23,24). The predicted octanol–water partition coefficient (Wildman–Crippen LogP) is 4.24. The molecular formula is C20H13N5. The molecule has 5 rings (SSSR count). The van der Waals surface area contributed by atoms with Crippen LogP contribution in [-0.4, -0.2) is 24.9 Å². The van der Waals surface area contributed by atoms with Crippen LogP contribution in [0.5, 0.6) is 0 Å². The fourth-order valence-corrected chi connectivity index (χ4v) is 2.98. The summed E-state index contributed by atoms with van der Waals surface area (Å²) in [6, 6.07) is 14.1. The highest BCUT2D eigenvalue weighted by molar-refractivity contribution is 5.91. The van der Waals surface area contributed by atoms with Crippen LogP contribution in [0.15, 0.2) is 73.4 Å². The first-order chi connectivity index (χ1) is 12.4. The van der Waals surface area contributed by atoms with Gasteiger partial charge < -0.3 is 4.98 Å². The quantitative estimate of drug-likeness (QED) is 0.528. The van der Waals surface area contributed by atoms with Crippen LogP contribution >= 0.6 is 0 Å². The van der Waals surface area contributed by atoms with Gasteiger partial charge in [0.25, 0.3) is 0 Å². The lowest BCUT2D eigenvalue weighted by atomic mass is 10.1. The summed E-state index contributed by atoms with van der Waals surface area (Å²) in [4.78, 5) is 21.2. The number of nitrogens with one attached hydrogen (secondary N) is 1. The molecule has 0 radical (unpaired) electrons. The Morgan fingerprint density at radius 2 is 1.80 bits per heavy atom. The van der Waals surface area contributed by atoms with E-state index in [1.165, 1.54) is 0 Å². The van der Waals surface area contributed by atoms with Crippen molar-refractivity contribution in [2.45, 2.75) is 0 Å². The van der Waals surface area contributed by atoms with Crippen LogP contribution in [0.1, 0.15) is 0 Å². The van der Waals surface area contributed by atoms with Crippen molar-refractivity contribution in [3.8, 4) is 22.4 Å². The normalized spacial score (nSPS) is 11.2. The molecule has 0 amide bonds. The van der Waals surface area contributed by atoms with Crippen molar-refractivity contribution in [2.75, 3.05) is 0 Å². The van der Waals surface area contributed by atoms with Crippen molar-refractivity contribution >= 4 is 22.1 Å². The Morgan fingerprint density at radius 3 is 2.72 bits per heavy atom. The third-order valence-electron chi connectivity index (χ3n) is 4.24. The Kier molecular flexibility index (Phi) is 3.03. The maximum absolute atomic E-state index is 4.83. The van der Waals surface area contributed by atoms with Gasteiger partial charge in [-0.3, -0.25) is 9.97 Å². The Labute approximate surface area is 143 Å². The summed E-state index contributed by atoms with van der Waals surface area (Å²) in [5.41, 5.74) is 6.32. The van der Waals surface area contributed by atoms with Crippen LogP contribution in [0, 0.1) is 0 Å². The van der Waals surface area contributed by atoms with Crippen molar-refractivity contribution in [3.63, 3.8) is 0 Å². The number of aromatic nitrogens is 5. The lowest BCUT2D eigenvalue weighted by Crippen LogP contribution is -1.90. The van der Waals surface area contributed by atoms with Crippen molar-refractivity contribution < 1.29 is 0 Å². The summed E-state index contributed by atoms with van der Waals surface area (Å²) >= 11 is 0. The lowest BCUT2D eigenvalue weighted by molar-refractivity contribution is 1.26. The van der Waals surface area contributed by atoms with E-state index in [0.717, 1.165) is 44.5 Å². The van der Waals surface area contributed by atoms with Gasteiger partial charge in [-0.05, 0) is 18.2 Å². The van der Waals surface area contributed by atoms with Gasteiger partial charge in [-0.1, -0.05) is 24.3 Å². The molecule has 25 heavy (non-hydrogen) atoms. The number of hydrogen-bond donors (Lipinski definition) is 1. The zero-order valence-corrected chi connectivity index (χ0v) is 13.2. The molecule has 4 aromatic heterocycles. The molecule has 0 unspecified atom stereocenters. The summed E-state index contributed by atoms with van der Waals surface area (Å²) in [7, 11) is 0. The maximum atomic E-state index is 4.83. The topological polar surface area (TPSA) is 67.3 Å². The molecule has 0 fully saturated rings. The van der Waals surface area contributed by atoms with E-state index in [1.54, 1.807) is 12.4 Å². The first-order valence-electron chi connectivity index (χ1n) is 7.98. The largest absolute Gasteiger partial charge is 0.344 e. The number of nitrogens with zero attached hydrogens (tertiary/aromatic N) is 4. The average Bonchev–Trinajstić information content (AvgIpc) is 3.11. The van der Waals surface area contributed by atoms with E-state index in [0.29, 0.717) is 0 Å². The van der Waals surface area contributed by atoms with E-state index in [1.807, 2.05) is 48.9 Å². The second-order valence-electron chi connectivity index (χ2n) is 5.81. The highest BCUT2D eigenvalue weighted by atomic mass is 14.9. The Morgan fingerprint density at radius 1 is 0.840 bits per heavy atom. The molecule has 0 aliphatic heterocycles. The fourth-order valence-electron chi connectivity index (χ4n) is 2.98. The van der Waals surface area contributed by atoms with Gasteiger partial charge >= 0.3 is 0 Å². The second kappa shape index (κ2) is 5.49. The number of fused-ring (bicyclic) bond motifs is 2. The lowest BCUT2D eigenvalue weighted by Gasteiger charge is -2.04. The molecule has 118 valence electrons. The van der Waals surface area contributed by atoms with Gasteiger partial charge in [0.2, 0.25) is 0 Å². The monoisotopic (exact) mass is 323 g/mol. The SMILES string of the molecule is c1cncc(-c2c[nH]c3ncc(-c4cnc5ccccc5c4)nc23)c1. The van der Waals surface area contributed by atoms with E-state index in [9.17, 15) is 0 Å².